The molecule has 0 saturated carbocycles. The maximum Gasteiger partial charge on any atom is 0.265 e. The monoisotopic (exact) mass is 416 g/mol. The molecule has 1 heterocycles. The Balaban J connectivity index is 1.71. The summed E-state index contributed by atoms with van der Waals surface area (Å²) in [5, 5.41) is 5.88. The van der Waals surface area contributed by atoms with E-state index < -0.39 is 6.10 Å². The lowest BCUT2D eigenvalue weighted by Gasteiger charge is -2.23. The molecule has 0 saturated heterocycles. The first kappa shape index (κ1) is 20.5. The van der Waals surface area contributed by atoms with Crippen molar-refractivity contribution < 1.29 is 23.8 Å². The van der Waals surface area contributed by atoms with Gasteiger partial charge in [-0.3, -0.25) is 9.59 Å². The fraction of sp³-hybridized carbons (Fsp3) is 0.238. The van der Waals surface area contributed by atoms with E-state index in [0.29, 0.717) is 45.8 Å². The molecule has 2 N–H and O–H groups in total. The largest absolute Gasteiger partial charge is 0.493 e. The molecular formula is C21H21ClN2O5. The van der Waals surface area contributed by atoms with Gasteiger partial charge in [0.2, 0.25) is 5.91 Å². The SMILES string of the molecule is CCOc1c(Cl)cc(/C=C/C(=O)Nc2ccc3c(c2)NC(=O)[C@H](C)O3)cc1OC. The standard InChI is InChI=1S/C21H21ClN2O5/c1-4-28-20-15(22)9-13(10-18(20)27-3)5-8-19(25)23-14-6-7-17-16(11-14)24-21(26)12(2)29-17/h5-12H,4H2,1-3H3,(H,23,25)(H,24,26)/b8-5+/t12-/m0/s1. The van der Waals surface area contributed by atoms with E-state index in [9.17, 15) is 9.59 Å². The van der Waals surface area contributed by atoms with Crippen molar-refractivity contribution in [1.29, 1.82) is 0 Å². The van der Waals surface area contributed by atoms with Crippen LogP contribution in [-0.4, -0.2) is 31.6 Å². The van der Waals surface area contributed by atoms with Gasteiger partial charge >= 0.3 is 0 Å². The molecule has 2 aromatic carbocycles. The maximum atomic E-state index is 12.3. The number of halogens is 1. The van der Waals surface area contributed by atoms with Crippen LogP contribution in [0.5, 0.6) is 17.2 Å². The summed E-state index contributed by atoms with van der Waals surface area (Å²) in [6.07, 6.45) is 2.44. The maximum absolute atomic E-state index is 12.3. The van der Waals surface area contributed by atoms with Crippen molar-refractivity contribution in [1.82, 2.24) is 0 Å². The summed E-state index contributed by atoms with van der Waals surface area (Å²) in [6.45, 7) is 3.98. The highest BCUT2D eigenvalue weighted by Crippen LogP contribution is 2.37. The molecule has 8 heteroatoms. The van der Waals surface area contributed by atoms with Gasteiger partial charge in [-0.05, 0) is 55.8 Å². The van der Waals surface area contributed by atoms with E-state index in [1.54, 1.807) is 43.3 Å². The Bertz CT molecular complexity index is 974. The Hall–Kier alpha value is -3.19. The molecule has 3 rings (SSSR count). The first-order valence-corrected chi connectivity index (χ1v) is 9.40. The molecule has 29 heavy (non-hydrogen) atoms. The average Bonchev–Trinajstić information content (AvgIpc) is 2.69. The van der Waals surface area contributed by atoms with Crippen LogP contribution in [0.3, 0.4) is 0 Å². The third-order valence-corrected chi connectivity index (χ3v) is 4.43. The second-order valence-corrected chi connectivity index (χ2v) is 6.66. The number of nitrogens with one attached hydrogen (secondary N) is 2. The van der Waals surface area contributed by atoms with E-state index >= 15 is 0 Å². The third-order valence-electron chi connectivity index (χ3n) is 4.15. The van der Waals surface area contributed by atoms with Gasteiger partial charge < -0.3 is 24.8 Å². The van der Waals surface area contributed by atoms with Crippen LogP contribution in [0.25, 0.3) is 6.08 Å². The van der Waals surface area contributed by atoms with E-state index in [1.165, 1.54) is 13.2 Å². The van der Waals surface area contributed by atoms with Crippen molar-refractivity contribution >= 4 is 40.9 Å². The average molecular weight is 417 g/mol. The highest BCUT2D eigenvalue weighted by atomic mass is 35.5. The lowest BCUT2D eigenvalue weighted by molar-refractivity contribution is -0.122. The van der Waals surface area contributed by atoms with Crippen LogP contribution in [0.4, 0.5) is 11.4 Å². The normalized spacial score (nSPS) is 15.3. The molecule has 7 nitrogen and oxygen atoms in total. The molecule has 0 fully saturated rings. The second kappa shape index (κ2) is 8.87. The van der Waals surface area contributed by atoms with Gasteiger partial charge in [0.1, 0.15) is 5.75 Å². The van der Waals surface area contributed by atoms with Crippen LogP contribution in [0.2, 0.25) is 5.02 Å². The first-order chi connectivity index (χ1) is 13.9. The van der Waals surface area contributed by atoms with E-state index in [0.717, 1.165) is 0 Å². The quantitative estimate of drug-likeness (QED) is 0.692. The van der Waals surface area contributed by atoms with Gasteiger partial charge in [0.25, 0.3) is 5.91 Å². The van der Waals surface area contributed by atoms with Gasteiger partial charge in [0.15, 0.2) is 17.6 Å². The Morgan fingerprint density at radius 1 is 1.34 bits per heavy atom. The molecule has 0 unspecified atom stereocenters. The van der Waals surface area contributed by atoms with Crippen molar-refractivity contribution in [2.45, 2.75) is 20.0 Å². The highest BCUT2D eigenvalue weighted by molar-refractivity contribution is 6.32. The number of rotatable bonds is 6. The van der Waals surface area contributed by atoms with Gasteiger partial charge in [-0.15, -0.1) is 0 Å². The minimum atomic E-state index is -0.552. The number of hydrogen-bond donors (Lipinski definition) is 2. The van der Waals surface area contributed by atoms with Crippen LogP contribution >= 0.6 is 11.6 Å². The van der Waals surface area contributed by atoms with Gasteiger partial charge in [-0.1, -0.05) is 11.6 Å². The van der Waals surface area contributed by atoms with Crippen molar-refractivity contribution in [3.05, 3.63) is 47.0 Å². The fourth-order valence-corrected chi connectivity index (χ4v) is 3.04. The van der Waals surface area contributed by atoms with Gasteiger partial charge in [0, 0.05) is 11.8 Å². The molecule has 1 aliphatic heterocycles. The summed E-state index contributed by atoms with van der Waals surface area (Å²) in [5.74, 6) is 0.930. The van der Waals surface area contributed by atoms with Crippen molar-refractivity contribution in [3.63, 3.8) is 0 Å². The van der Waals surface area contributed by atoms with Crippen molar-refractivity contribution in [2.75, 3.05) is 24.4 Å². The zero-order valence-corrected chi connectivity index (χ0v) is 17.0. The number of fused-ring (bicyclic) bond motifs is 1. The number of anilines is 2. The summed E-state index contributed by atoms with van der Waals surface area (Å²) >= 11 is 6.24. The zero-order chi connectivity index (χ0) is 21.0. The van der Waals surface area contributed by atoms with E-state index in [2.05, 4.69) is 10.6 Å². The predicted octanol–water partition coefficient (Wildman–Crippen LogP) is 4.12. The number of carbonyl (C=O) groups excluding carboxylic acids is 2. The van der Waals surface area contributed by atoms with Gasteiger partial charge in [-0.25, -0.2) is 0 Å². The van der Waals surface area contributed by atoms with Crippen molar-refractivity contribution in [2.24, 2.45) is 0 Å². The molecule has 1 atom stereocenters. The number of benzene rings is 2. The Labute approximate surface area is 173 Å². The number of amides is 2. The molecular weight excluding hydrogens is 396 g/mol. The zero-order valence-electron chi connectivity index (χ0n) is 16.2. The van der Waals surface area contributed by atoms with Crippen LogP contribution in [0.15, 0.2) is 36.4 Å². The number of ether oxygens (including phenoxy) is 3. The van der Waals surface area contributed by atoms with Crippen molar-refractivity contribution in [3.8, 4) is 17.2 Å². The number of hydrogen-bond acceptors (Lipinski definition) is 5. The van der Waals surface area contributed by atoms with Crippen LogP contribution < -0.4 is 24.8 Å². The molecule has 0 aromatic heterocycles. The lowest BCUT2D eigenvalue weighted by Crippen LogP contribution is -2.34. The van der Waals surface area contributed by atoms with E-state index in [4.69, 9.17) is 25.8 Å². The molecule has 0 radical (unpaired) electrons. The van der Waals surface area contributed by atoms with E-state index in [-0.39, 0.29) is 11.8 Å². The lowest BCUT2D eigenvalue weighted by atomic mass is 10.1. The van der Waals surface area contributed by atoms with Gasteiger partial charge in [-0.2, -0.15) is 0 Å². The second-order valence-electron chi connectivity index (χ2n) is 6.25. The smallest absolute Gasteiger partial charge is 0.265 e. The first-order valence-electron chi connectivity index (χ1n) is 9.02. The minimum Gasteiger partial charge on any atom is -0.493 e. The summed E-state index contributed by atoms with van der Waals surface area (Å²) in [5.41, 5.74) is 1.72. The Morgan fingerprint density at radius 3 is 2.86 bits per heavy atom. The molecule has 2 aromatic rings. The molecule has 0 spiro atoms. The molecule has 152 valence electrons. The summed E-state index contributed by atoms with van der Waals surface area (Å²) in [6, 6.07) is 8.45. The predicted molar refractivity (Wildman–Crippen MR) is 112 cm³/mol. The summed E-state index contributed by atoms with van der Waals surface area (Å²) in [7, 11) is 1.52. The number of methoxy groups -OCH3 is 1. The minimum absolute atomic E-state index is 0.234. The summed E-state index contributed by atoms with van der Waals surface area (Å²) < 4.78 is 16.3. The summed E-state index contributed by atoms with van der Waals surface area (Å²) in [4.78, 5) is 24.0. The fourth-order valence-electron chi connectivity index (χ4n) is 2.76. The van der Waals surface area contributed by atoms with Crippen LogP contribution in [0.1, 0.15) is 19.4 Å². The molecule has 0 aliphatic carbocycles. The highest BCUT2D eigenvalue weighted by Gasteiger charge is 2.23. The van der Waals surface area contributed by atoms with Gasteiger partial charge in [0.05, 0.1) is 24.4 Å². The number of carbonyl (C=O) groups is 2. The van der Waals surface area contributed by atoms with Crippen LogP contribution in [0, 0.1) is 0 Å². The Morgan fingerprint density at radius 2 is 2.14 bits per heavy atom. The third kappa shape index (κ3) is 4.81. The topological polar surface area (TPSA) is 85.9 Å². The molecule has 1 aliphatic rings. The van der Waals surface area contributed by atoms with E-state index in [1.807, 2.05) is 6.92 Å². The Kier molecular flexibility index (Phi) is 6.29. The molecule has 0 bridgehead atoms. The van der Waals surface area contributed by atoms with Crippen LogP contribution in [-0.2, 0) is 9.59 Å². The molecule has 2 amide bonds.